The van der Waals surface area contributed by atoms with Gasteiger partial charge in [-0.2, -0.15) is 0 Å². The molecule has 0 atom stereocenters. The molecule has 0 spiro atoms. The van der Waals surface area contributed by atoms with E-state index in [0.29, 0.717) is 10.6 Å². The van der Waals surface area contributed by atoms with Crippen molar-refractivity contribution >= 4 is 42.6 Å². The Morgan fingerprint density at radius 2 is 2.25 bits per heavy atom. The lowest BCUT2D eigenvalue weighted by atomic mass is 10.3. The fraction of sp³-hybridized carbons (Fsp3) is 0. The number of phenolic OH excluding ortho intramolecular Hbond substituents is 1. The standard InChI is InChI=1S/C7H5BrN2OS/c8-3-1-4(11)6-5(2-3)12-7(9)10-6/h1-2,11H,(H2,9,10). The van der Waals surface area contributed by atoms with E-state index in [2.05, 4.69) is 20.9 Å². The van der Waals surface area contributed by atoms with Gasteiger partial charge in [0.25, 0.3) is 0 Å². The maximum Gasteiger partial charge on any atom is 0.181 e. The Morgan fingerprint density at radius 1 is 1.50 bits per heavy atom. The second kappa shape index (κ2) is 2.60. The Hall–Kier alpha value is -0.810. The molecule has 0 fully saturated rings. The summed E-state index contributed by atoms with van der Waals surface area (Å²) < 4.78 is 1.72. The van der Waals surface area contributed by atoms with Gasteiger partial charge in [-0.05, 0) is 12.1 Å². The van der Waals surface area contributed by atoms with Crippen LogP contribution in [0, 0.1) is 0 Å². The number of nitrogens with two attached hydrogens (primary N) is 1. The van der Waals surface area contributed by atoms with Gasteiger partial charge in [0.2, 0.25) is 0 Å². The average Bonchev–Trinajstić information content (AvgIpc) is 2.29. The molecule has 1 aromatic heterocycles. The Labute approximate surface area is 81.0 Å². The molecular formula is C7H5BrN2OS. The summed E-state index contributed by atoms with van der Waals surface area (Å²) in [6, 6.07) is 3.48. The van der Waals surface area contributed by atoms with Crippen molar-refractivity contribution in [2.24, 2.45) is 0 Å². The first-order chi connectivity index (χ1) is 5.66. The monoisotopic (exact) mass is 244 g/mol. The van der Waals surface area contributed by atoms with Crippen molar-refractivity contribution in [3.8, 4) is 5.75 Å². The molecule has 0 bridgehead atoms. The summed E-state index contributed by atoms with van der Waals surface area (Å²) in [7, 11) is 0. The minimum atomic E-state index is 0.160. The Bertz CT molecular complexity index is 440. The predicted molar refractivity (Wildman–Crippen MR) is 53.4 cm³/mol. The van der Waals surface area contributed by atoms with Crippen molar-refractivity contribution < 1.29 is 5.11 Å². The molecule has 2 rings (SSSR count). The van der Waals surface area contributed by atoms with Crippen LogP contribution in [-0.4, -0.2) is 10.1 Å². The molecule has 0 saturated carbocycles. The smallest absolute Gasteiger partial charge is 0.181 e. The van der Waals surface area contributed by atoms with Crippen LogP contribution in [-0.2, 0) is 0 Å². The minimum absolute atomic E-state index is 0.160. The van der Waals surface area contributed by atoms with Crippen molar-refractivity contribution in [1.29, 1.82) is 0 Å². The largest absolute Gasteiger partial charge is 0.506 e. The molecular weight excluding hydrogens is 240 g/mol. The van der Waals surface area contributed by atoms with E-state index in [-0.39, 0.29) is 5.75 Å². The van der Waals surface area contributed by atoms with Crippen molar-refractivity contribution in [3.63, 3.8) is 0 Å². The molecule has 0 saturated heterocycles. The van der Waals surface area contributed by atoms with Crippen LogP contribution in [0.4, 0.5) is 5.13 Å². The number of anilines is 1. The maximum atomic E-state index is 9.42. The number of halogens is 1. The van der Waals surface area contributed by atoms with Crippen LogP contribution in [0.1, 0.15) is 0 Å². The molecule has 0 radical (unpaired) electrons. The predicted octanol–water partition coefficient (Wildman–Crippen LogP) is 2.35. The van der Waals surface area contributed by atoms with Crippen molar-refractivity contribution in [1.82, 2.24) is 4.98 Å². The van der Waals surface area contributed by atoms with Gasteiger partial charge in [0, 0.05) is 4.47 Å². The summed E-state index contributed by atoms with van der Waals surface area (Å²) in [5.74, 6) is 0.160. The number of nitrogens with zero attached hydrogens (tertiary/aromatic N) is 1. The van der Waals surface area contributed by atoms with Gasteiger partial charge in [0.1, 0.15) is 11.3 Å². The third-order valence-corrected chi connectivity index (χ3v) is 2.75. The summed E-state index contributed by atoms with van der Waals surface area (Å²) in [5.41, 5.74) is 6.06. The number of hydrogen-bond acceptors (Lipinski definition) is 4. The fourth-order valence-corrected chi connectivity index (χ4v) is 2.39. The summed E-state index contributed by atoms with van der Waals surface area (Å²) in [4.78, 5) is 3.98. The quantitative estimate of drug-likeness (QED) is 0.748. The Balaban J connectivity index is 2.88. The van der Waals surface area contributed by atoms with Crippen LogP contribution >= 0.6 is 27.3 Å². The van der Waals surface area contributed by atoms with Gasteiger partial charge in [-0.1, -0.05) is 27.3 Å². The molecule has 2 aromatic rings. The third-order valence-electron chi connectivity index (χ3n) is 1.46. The Kier molecular flexibility index (Phi) is 1.69. The van der Waals surface area contributed by atoms with Crippen LogP contribution < -0.4 is 5.73 Å². The van der Waals surface area contributed by atoms with Crippen LogP contribution in [0.15, 0.2) is 16.6 Å². The Morgan fingerprint density at radius 3 is 3.00 bits per heavy atom. The highest BCUT2D eigenvalue weighted by molar-refractivity contribution is 9.10. The maximum absolute atomic E-state index is 9.42. The highest BCUT2D eigenvalue weighted by Crippen LogP contribution is 2.33. The average molecular weight is 245 g/mol. The van der Waals surface area contributed by atoms with Crippen LogP contribution in [0.2, 0.25) is 0 Å². The van der Waals surface area contributed by atoms with Crippen molar-refractivity contribution in [3.05, 3.63) is 16.6 Å². The van der Waals surface area contributed by atoms with Gasteiger partial charge < -0.3 is 10.8 Å². The van der Waals surface area contributed by atoms with Crippen LogP contribution in [0.3, 0.4) is 0 Å². The molecule has 3 nitrogen and oxygen atoms in total. The number of thiazole rings is 1. The number of benzene rings is 1. The lowest BCUT2D eigenvalue weighted by Gasteiger charge is -1.93. The normalized spacial score (nSPS) is 10.8. The summed E-state index contributed by atoms with van der Waals surface area (Å²) in [6.07, 6.45) is 0. The van der Waals surface area contributed by atoms with E-state index in [1.165, 1.54) is 11.3 Å². The second-order valence-corrected chi connectivity index (χ2v) is 4.30. The first-order valence-corrected chi connectivity index (χ1v) is 4.82. The van der Waals surface area contributed by atoms with Crippen molar-refractivity contribution in [2.45, 2.75) is 0 Å². The number of hydrogen-bond donors (Lipinski definition) is 2. The topological polar surface area (TPSA) is 59.1 Å². The van der Waals surface area contributed by atoms with Crippen molar-refractivity contribution in [2.75, 3.05) is 5.73 Å². The zero-order chi connectivity index (χ0) is 8.72. The fourth-order valence-electron chi connectivity index (χ4n) is 0.996. The number of aromatic hydroxyl groups is 1. The van der Waals surface area contributed by atoms with E-state index >= 15 is 0 Å². The first-order valence-electron chi connectivity index (χ1n) is 3.21. The van der Waals surface area contributed by atoms with E-state index in [0.717, 1.165) is 9.17 Å². The van der Waals surface area contributed by atoms with E-state index in [1.54, 1.807) is 6.07 Å². The minimum Gasteiger partial charge on any atom is -0.506 e. The van der Waals surface area contributed by atoms with E-state index in [4.69, 9.17) is 5.73 Å². The van der Waals surface area contributed by atoms with Gasteiger partial charge in [0.05, 0.1) is 4.70 Å². The second-order valence-electron chi connectivity index (χ2n) is 2.32. The highest BCUT2D eigenvalue weighted by atomic mass is 79.9. The SMILES string of the molecule is Nc1nc2c(O)cc(Br)cc2s1. The number of fused-ring (bicyclic) bond motifs is 1. The lowest BCUT2D eigenvalue weighted by molar-refractivity contribution is 0.480. The molecule has 1 aromatic carbocycles. The number of aromatic nitrogens is 1. The molecule has 3 N–H and O–H groups in total. The number of nitrogen functional groups attached to an aromatic ring is 1. The van der Waals surface area contributed by atoms with Crippen LogP contribution in [0.5, 0.6) is 5.75 Å². The number of phenols is 1. The summed E-state index contributed by atoms with van der Waals surface area (Å²) in [6.45, 7) is 0. The van der Waals surface area contributed by atoms with Gasteiger partial charge >= 0.3 is 0 Å². The zero-order valence-electron chi connectivity index (χ0n) is 5.91. The molecule has 62 valence electrons. The summed E-state index contributed by atoms with van der Waals surface area (Å²) in [5, 5.41) is 9.89. The highest BCUT2D eigenvalue weighted by Gasteiger charge is 2.06. The lowest BCUT2D eigenvalue weighted by Crippen LogP contribution is -1.79. The molecule has 0 aliphatic carbocycles. The molecule has 12 heavy (non-hydrogen) atoms. The molecule has 0 unspecified atom stereocenters. The van der Waals surface area contributed by atoms with Gasteiger partial charge in [-0.25, -0.2) is 4.98 Å². The first kappa shape index (κ1) is 7.82. The third kappa shape index (κ3) is 1.15. The zero-order valence-corrected chi connectivity index (χ0v) is 8.32. The van der Waals surface area contributed by atoms with Gasteiger partial charge in [-0.15, -0.1) is 0 Å². The van der Waals surface area contributed by atoms with Gasteiger partial charge in [-0.3, -0.25) is 0 Å². The van der Waals surface area contributed by atoms with Gasteiger partial charge in [0.15, 0.2) is 5.13 Å². The molecule has 1 heterocycles. The van der Waals surface area contributed by atoms with E-state index < -0.39 is 0 Å². The molecule has 0 aliphatic heterocycles. The van der Waals surface area contributed by atoms with E-state index in [1.807, 2.05) is 6.07 Å². The molecule has 0 aliphatic rings. The van der Waals surface area contributed by atoms with Crippen LogP contribution in [0.25, 0.3) is 10.2 Å². The molecule has 0 amide bonds. The molecule has 5 heteroatoms. The summed E-state index contributed by atoms with van der Waals surface area (Å²) >= 11 is 4.63. The number of rotatable bonds is 0. The van der Waals surface area contributed by atoms with E-state index in [9.17, 15) is 5.11 Å².